The lowest BCUT2D eigenvalue weighted by Crippen LogP contribution is -2.46. The zero-order valence-electron chi connectivity index (χ0n) is 14.5. The Balaban J connectivity index is 1.39. The number of amides is 1. The summed E-state index contributed by atoms with van der Waals surface area (Å²) < 4.78 is 13.2. The number of aromatic nitrogens is 1. The van der Waals surface area contributed by atoms with E-state index >= 15 is 0 Å². The molecule has 3 aromatic rings. The number of H-pyrrole nitrogens is 1. The Hall–Kier alpha value is -2.62. The Morgan fingerprint density at radius 3 is 2.46 bits per heavy atom. The number of piperidine rings is 1. The highest BCUT2D eigenvalue weighted by molar-refractivity contribution is 5.98. The first-order chi connectivity index (χ1) is 12.7. The molecule has 1 N–H and O–H groups in total. The van der Waals surface area contributed by atoms with Crippen molar-refractivity contribution in [2.24, 2.45) is 0 Å². The highest BCUT2D eigenvalue weighted by Crippen LogP contribution is 2.43. The van der Waals surface area contributed by atoms with E-state index in [1.54, 1.807) is 12.1 Å². The molecule has 132 valence electrons. The van der Waals surface area contributed by atoms with Crippen LogP contribution in [0.4, 0.5) is 4.39 Å². The quantitative estimate of drug-likeness (QED) is 0.705. The molecule has 26 heavy (non-hydrogen) atoms. The Labute approximate surface area is 151 Å². The van der Waals surface area contributed by atoms with Gasteiger partial charge in [0.15, 0.2) is 0 Å². The standard InChI is InChI=1S/C22H21FN2O/c23-18-5-3-14(4-6-18)17-11-19-7-8-20(12-17)25(19)22(26)16-2-1-15-9-10-24-21(15)13-16/h1-6,9-10,13,17,19-20,24H,7-8,11-12H2/t17-,19+,20-. The van der Waals surface area contributed by atoms with Crippen molar-refractivity contribution in [2.45, 2.75) is 43.7 Å². The van der Waals surface area contributed by atoms with Crippen LogP contribution in [0.5, 0.6) is 0 Å². The molecule has 2 aromatic carbocycles. The van der Waals surface area contributed by atoms with E-state index in [2.05, 4.69) is 9.88 Å². The maximum absolute atomic E-state index is 13.2. The average Bonchev–Trinajstić information content (AvgIpc) is 3.23. The van der Waals surface area contributed by atoms with Gasteiger partial charge in [0.05, 0.1) is 0 Å². The lowest BCUT2D eigenvalue weighted by Gasteiger charge is -2.39. The predicted molar refractivity (Wildman–Crippen MR) is 99.7 cm³/mol. The first kappa shape index (κ1) is 15.6. The summed E-state index contributed by atoms with van der Waals surface area (Å²) in [5.74, 6) is 0.374. The molecule has 1 amide bonds. The van der Waals surface area contributed by atoms with E-state index in [-0.39, 0.29) is 23.8 Å². The number of hydrogen-bond donors (Lipinski definition) is 1. The molecule has 2 fully saturated rings. The molecule has 0 spiro atoms. The van der Waals surface area contributed by atoms with Crippen LogP contribution in [-0.4, -0.2) is 27.9 Å². The molecule has 5 rings (SSSR count). The summed E-state index contributed by atoms with van der Waals surface area (Å²) in [6.45, 7) is 0. The summed E-state index contributed by atoms with van der Waals surface area (Å²) >= 11 is 0. The van der Waals surface area contributed by atoms with Crippen LogP contribution in [0.1, 0.15) is 47.5 Å². The Kier molecular flexibility index (Phi) is 3.59. The lowest BCUT2D eigenvalue weighted by molar-refractivity contribution is 0.0571. The van der Waals surface area contributed by atoms with Crippen LogP contribution >= 0.6 is 0 Å². The zero-order valence-corrected chi connectivity index (χ0v) is 14.5. The van der Waals surface area contributed by atoms with Crippen molar-refractivity contribution >= 4 is 16.8 Å². The van der Waals surface area contributed by atoms with Crippen LogP contribution in [0.15, 0.2) is 54.7 Å². The van der Waals surface area contributed by atoms with Crippen LogP contribution in [0.3, 0.4) is 0 Å². The summed E-state index contributed by atoms with van der Waals surface area (Å²) in [6, 6.07) is 15.4. The third kappa shape index (κ3) is 2.52. The first-order valence-electron chi connectivity index (χ1n) is 9.34. The summed E-state index contributed by atoms with van der Waals surface area (Å²) in [5.41, 5.74) is 2.96. The van der Waals surface area contributed by atoms with Crippen molar-refractivity contribution in [2.75, 3.05) is 0 Å². The summed E-state index contributed by atoms with van der Waals surface area (Å²) in [7, 11) is 0. The van der Waals surface area contributed by atoms with Gasteiger partial charge >= 0.3 is 0 Å². The maximum atomic E-state index is 13.2. The molecule has 2 aliphatic heterocycles. The normalized spacial score (nSPS) is 25.0. The number of nitrogens with one attached hydrogen (secondary N) is 1. The van der Waals surface area contributed by atoms with Gasteiger partial charge in [0, 0.05) is 29.4 Å². The number of hydrogen-bond acceptors (Lipinski definition) is 1. The number of aromatic amines is 1. The monoisotopic (exact) mass is 348 g/mol. The zero-order chi connectivity index (χ0) is 17.7. The molecule has 3 atom stereocenters. The van der Waals surface area contributed by atoms with Crippen molar-refractivity contribution in [3.05, 3.63) is 71.7 Å². The van der Waals surface area contributed by atoms with Crippen molar-refractivity contribution in [3.63, 3.8) is 0 Å². The van der Waals surface area contributed by atoms with Gasteiger partial charge in [-0.2, -0.15) is 0 Å². The van der Waals surface area contributed by atoms with Crippen LogP contribution in [0.25, 0.3) is 10.9 Å². The molecule has 2 aliphatic rings. The Morgan fingerprint density at radius 2 is 1.73 bits per heavy atom. The number of fused-ring (bicyclic) bond motifs is 3. The lowest BCUT2D eigenvalue weighted by atomic mass is 9.85. The minimum absolute atomic E-state index is 0.145. The summed E-state index contributed by atoms with van der Waals surface area (Å²) in [5, 5.41) is 1.12. The van der Waals surface area contributed by atoms with Gasteiger partial charge in [0.1, 0.15) is 5.82 Å². The number of halogens is 1. The van der Waals surface area contributed by atoms with Gasteiger partial charge in [0.25, 0.3) is 5.91 Å². The molecule has 2 saturated heterocycles. The van der Waals surface area contributed by atoms with Crippen LogP contribution < -0.4 is 0 Å². The van der Waals surface area contributed by atoms with Crippen LogP contribution in [-0.2, 0) is 0 Å². The van der Waals surface area contributed by atoms with Gasteiger partial charge < -0.3 is 9.88 Å². The maximum Gasteiger partial charge on any atom is 0.254 e. The number of carbonyl (C=O) groups is 1. The summed E-state index contributed by atoms with van der Waals surface area (Å²) in [6.07, 6.45) is 5.98. The van der Waals surface area contributed by atoms with Gasteiger partial charge in [-0.1, -0.05) is 18.2 Å². The second-order valence-electron chi connectivity index (χ2n) is 7.60. The highest BCUT2D eigenvalue weighted by atomic mass is 19.1. The van der Waals surface area contributed by atoms with E-state index in [0.29, 0.717) is 5.92 Å². The topological polar surface area (TPSA) is 36.1 Å². The van der Waals surface area contributed by atoms with E-state index in [0.717, 1.165) is 42.1 Å². The van der Waals surface area contributed by atoms with Crippen LogP contribution in [0, 0.1) is 5.82 Å². The Bertz CT molecular complexity index is 948. The second-order valence-corrected chi connectivity index (χ2v) is 7.60. The molecule has 3 heterocycles. The van der Waals surface area contributed by atoms with Gasteiger partial charge in [-0.15, -0.1) is 0 Å². The van der Waals surface area contributed by atoms with E-state index < -0.39 is 0 Å². The fraction of sp³-hybridized carbons (Fsp3) is 0.318. The number of nitrogens with zero attached hydrogens (tertiary/aromatic N) is 1. The van der Waals surface area contributed by atoms with Gasteiger partial charge in [0.2, 0.25) is 0 Å². The van der Waals surface area contributed by atoms with Gasteiger partial charge in [-0.3, -0.25) is 4.79 Å². The minimum atomic E-state index is -0.191. The minimum Gasteiger partial charge on any atom is -0.361 e. The van der Waals surface area contributed by atoms with E-state index in [9.17, 15) is 9.18 Å². The van der Waals surface area contributed by atoms with Crippen molar-refractivity contribution in [3.8, 4) is 0 Å². The van der Waals surface area contributed by atoms with E-state index in [4.69, 9.17) is 0 Å². The fourth-order valence-corrected chi connectivity index (χ4v) is 4.85. The molecular weight excluding hydrogens is 327 g/mol. The third-order valence-electron chi connectivity index (χ3n) is 6.11. The highest BCUT2D eigenvalue weighted by Gasteiger charge is 2.43. The SMILES string of the molecule is O=C(c1ccc2cc[nH]c2c1)N1[C@@H]2CC[C@H]1C[C@@H](c1ccc(F)cc1)C2. The Morgan fingerprint density at radius 1 is 1.00 bits per heavy atom. The molecule has 2 bridgehead atoms. The van der Waals surface area contributed by atoms with Crippen molar-refractivity contribution < 1.29 is 9.18 Å². The molecule has 3 nitrogen and oxygen atoms in total. The van der Waals surface area contributed by atoms with Crippen molar-refractivity contribution in [1.82, 2.24) is 9.88 Å². The third-order valence-corrected chi connectivity index (χ3v) is 6.11. The number of benzene rings is 2. The average molecular weight is 348 g/mol. The molecule has 0 unspecified atom stereocenters. The largest absolute Gasteiger partial charge is 0.361 e. The van der Waals surface area contributed by atoms with Crippen molar-refractivity contribution in [1.29, 1.82) is 0 Å². The number of carbonyl (C=O) groups excluding carboxylic acids is 1. The molecule has 1 aromatic heterocycles. The summed E-state index contributed by atoms with van der Waals surface area (Å²) in [4.78, 5) is 18.5. The number of rotatable bonds is 2. The molecule has 0 aliphatic carbocycles. The van der Waals surface area contributed by atoms with E-state index in [1.807, 2.05) is 42.6 Å². The van der Waals surface area contributed by atoms with E-state index in [1.165, 1.54) is 5.56 Å². The first-order valence-corrected chi connectivity index (χ1v) is 9.34. The van der Waals surface area contributed by atoms with Gasteiger partial charge in [-0.25, -0.2) is 4.39 Å². The predicted octanol–water partition coefficient (Wildman–Crippen LogP) is 4.86. The van der Waals surface area contributed by atoms with Crippen LogP contribution in [0.2, 0.25) is 0 Å². The molecule has 4 heteroatoms. The molecule has 0 saturated carbocycles. The smallest absolute Gasteiger partial charge is 0.254 e. The molecule has 0 radical (unpaired) electrons. The van der Waals surface area contributed by atoms with Gasteiger partial charge in [-0.05, 0) is 72.9 Å². The fourth-order valence-electron chi connectivity index (χ4n) is 4.85. The second kappa shape index (κ2) is 5.97. The molecular formula is C22H21FN2O.